The second-order valence-corrected chi connectivity index (χ2v) is 7.15. The Morgan fingerprint density at radius 3 is 2.64 bits per heavy atom. The number of rotatable bonds is 6. The highest BCUT2D eigenvalue weighted by atomic mass is 32.2. The Kier molecular flexibility index (Phi) is 4.85. The number of aryl methyl sites for hydroxylation is 2. The summed E-state index contributed by atoms with van der Waals surface area (Å²) in [5.41, 5.74) is 3.62. The average molecular weight is 359 g/mol. The molecule has 3 rings (SSSR count). The van der Waals surface area contributed by atoms with Crippen molar-refractivity contribution >= 4 is 17.5 Å². The Morgan fingerprint density at radius 1 is 1.28 bits per heavy atom. The van der Waals surface area contributed by atoms with Crippen molar-refractivity contribution in [2.45, 2.75) is 45.9 Å². The van der Waals surface area contributed by atoms with Gasteiger partial charge in [0.1, 0.15) is 5.76 Å². The Labute approximate surface area is 150 Å². The standard InChI is InChI=1S/C18H21N3O3S/c1-10(2)21-11(3)8-15(12(21)4)16(22)9-25-18-20-19-17(24-18)14-6-7-23-13(14)5/h6-8,10H,9H2,1-5H3. The van der Waals surface area contributed by atoms with Crippen LogP contribution in [0.25, 0.3) is 11.5 Å². The number of hydrogen-bond donors (Lipinski definition) is 0. The minimum atomic E-state index is 0.0595. The van der Waals surface area contributed by atoms with Crippen LogP contribution >= 0.6 is 11.8 Å². The fourth-order valence-electron chi connectivity index (χ4n) is 3.04. The molecule has 0 radical (unpaired) electrons. The van der Waals surface area contributed by atoms with E-state index in [0.29, 0.717) is 17.2 Å². The smallest absolute Gasteiger partial charge is 0.277 e. The molecule has 6 nitrogen and oxygen atoms in total. The second kappa shape index (κ2) is 6.92. The topological polar surface area (TPSA) is 74.1 Å². The van der Waals surface area contributed by atoms with E-state index in [0.717, 1.165) is 28.3 Å². The summed E-state index contributed by atoms with van der Waals surface area (Å²) in [5, 5.41) is 8.39. The van der Waals surface area contributed by atoms with Crippen molar-refractivity contribution in [1.29, 1.82) is 0 Å². The van der Waals surface area contributed by atoms with Crippen molar-refractivity contribution < 1.29 is 13.6 Å². The molecule has 0 N–H and O–H groups in total. The molecule has 3 heterocycles. The summed E-state index contributed by atoms with van der Waals surface area (Å²) in [7, 11) is 0. The summed E-state index contributed by atoms with van der Waals surface area (Å²) in [6.45, 7) is 10.1. The minimum absolute atomic E-state index is 0.0595. The summed E-state index contributed by atoms with van der Waals surface area (Å²) in [6, 6.07) is 4.06. The lowest BCUT2D eigenvalue weighted by Crippen LogP contribution is -2.08. The first kappa shape index (κ1) is 17.5. The van der Waals surface area contributed by atoms with E-state index in [1.54, 1.807) is 12.3 Å². The molecule has 0 aliphatic heterocycles. The van der Waals surface area contributed by atoms with Crippen LogP contribution in [0, 0.1) is 20.8 Å². The molecule has 0 spiro atoms. The number of Topliss-reactive ketones (excluding diaryl/α,β-unsaturated/α-hetero) is 1. The third kappa shape index (κ3) is 3.42. The average Bonchev–Trinajstić information content (AvgIpc) is 3.24. The van der Waals surface area contributed by atoms with Crippen molar-refractivity contribution in [2.75, 3.05) is 5.75 Å². The molecule has 0 saturated carbocycles. The molecule has 3 aromatic heterocycles. The van der Waals surface area contributed by atoms with Crippen molar-refractivity contribution in [3.05, 3.63) is 41.1 Å². The number of nitrogens with zero attached hydrogens (tertiary/aromatic N) is 3. The molecule has 0 bridgehead atoms. The molecular weight excluding hydrogens is 338 g/mol. The first-order valence-electron chi connectivity index (χ1n) is 8.11. The SMILES string of the molecule is Cc1occc1-c1nnc(SCC(=O)c2cc(C)n(C(C)C)c2C)o1. The number of thioether (sulfide) groups is 1. The van der Waals surface area contributed by atoms with E-state index < -0.39 is 0 Å². The van der Waals surface area contributed by atoms with Gasteiger partial charge in [-0.25, -0.2) is 0 Å². The molecule has 0 unspecified atom stereocenters. The molecule has 0 amide bonds. The third-order valence-electron chi connectivity index (χ3n) is 4.12. The fourth-order valence-corrected chi connectivity index (χ4v) is 3.69. The van der Waals surface area contributed by atoms with Crippen LogP contribution in [-0.4, -0.2) is 26.3 Å². The van der Waals surface area contributed by atoms with Gasteiger partial charge in [-0.3, -0.25) is 4.79 Å². The van der Waals surface area contributed by atoms with Crippen molar-refractivity contribution in [3.8, 4) is 11.5 Å². The Morgan fingerprint density at radius 2 is 2.04 bits per heavy atom. The highest BCUT2D eigenvalue weighted by Gasteiger charge is 2.19. The van der Waals surface area contributed by atoms with Gasteiger partial charge in [-0.05, 0) is 46.8 Å². The first-order valence-corrected chi connectivity index (χ1v) is 9.09. The van der Waals surface area contributed by atoms with Gasteiger partial charge >= 0.3 is 0 Å². The molecule has 0 fully saturated rings. The maximum atomic E-state index is 12.6. The monoisotopic (exact) mass is 359 g/mol. The van der Waals surface area contributed by atoms with Crippen LogP contribution in [0.1, 0.15) is 47.4 Å². The van der Waals surface area contributed by atoms with Crippen LogP contribution < -0.4 is 0 Å². The minimum Gasteiger partial charge on any atom is -0.469 e. The van der Waals surface area contributed by atoms with Crippen LogP contribution in [0.3, 0.4) is 0 Å². The van der Waals surface area contributed by atoms with Gasteiger partial charge < -0.3 is 13.4 Å². The van der Waals surface area contributed by atoms with E-state index in [9.17, 15) is 4.79 Å². The molecule has 0 saturated heterocycles. The molecule has 0 aliphatic rings. The maximum Gasteiger partial charge on any atom is 0.277 e. The van der Waals surface area contributed by atoms with E-state index in [2.05, 4.69) is 28.6 Å². The number of aromatic nitrogens is 3. The summed E-state index contributed by atoms with van der Waals surface area (Å²) < 4.78 is 13.0. The molecule has 7 heteroatoms. The lowest BCUT2D eigenvalue weighted by Gasteiger charge is -2.13. The van der Waals surface area contributed by atoms with Crippen molar-refractivity contribution in [2.24, 2.45) is 0 Å². The molecule has 3 aromatic rings. The van der Waals surface area contributed by atoms with E-state index in [4.69, 9.17) is 8.83 Å². The fraction of sp³-hybridized carbons (Fsp3) is 0.389. The quantitative estimate of drug-likeness (QED) is 0.472. The predicted octanol–water partition coefficient (Wildman–Crippen LogP) is 4.61. The third-order valence-corrected chi connectivity index (χ3v) is 4.94. The number of carbonyl (C=O) groups is 1. The molecule has 0 atom stereocenters. The maximum absolute atomic E-state index is 12.6. The molecule has 0 aliphatic carbocycles. The van der Waals surface area contributed by atoms with Gasteiger partial charge in [0, 0.05) is 23.0 Å². The summed E-state index contributed by atoms with van der Waals surface area (Å²) in [5.74, 6) is 1.44. The second-order valence-electron chi connectivity index (χ2n) is 6.22. The zero-order valence-electron chi connectivity index (χ0n) is 15.0. The van der Waals surface area contributed by atoms with Crippen LogP contribution in [-0.2, 0) is 0 Å². The summed E-state index contributed by atoms with van der Waals surface area (Å²) in [4.78, 5) is 12.6. The van der Waals surface area contributed by atoms with Crippen LogP contribution in [0.4, 0.5) is 0 Å². The highest BCUT2D eigenvalue weighted by molar-refractivity contribution is 7.99. The predicted molar refractivity (Wildman–Crippen MR) is 96.1 cm³/mol. The van der Waals surface area contributed by atoms with E-state index >= 15 is 0 Å². The van der Waals surface area contributed by atoms with Crippen molar-refractivity contribution in [3.63, 3.8) is 0 Å². The number of ketones is 1. The number of furan rings is 1. The van der Waals surface area contributed by atoms with Crippen molar-refractivity contribution in [1.82, 2.24) is 14.8 Å². The first-order chi connectivity index (χ1) is 11.9. The van der Waals surface area contributed by atoms with Gasteiger partial charge in [-0.15, -0.1) is 10.2 Å². The van der Waals surface area contributed by atoms with Gasteiger partial charge in [0.05, 0.1) is 17.6 Å². The lowest BCUT2D eigenvalue weighted by molar-refractivity contribution is 0.102. The van der Waals surface area contributed by atoms with Gasteiger partial charge in [-0.1, -0.05) is 11.8 Å². The highest BCUT2D eigenvalue weighted by Crippen LogP contribution is 2.27. The molecular formula is C18H21N3O3S. The van der Waals surface area contributed by atoms with Gasteiger partial charge in [0.15, 0.2) is 5.78 Å². The molecule has 25 heavy (non-hydrogen) atoms. The Balaban J connectivity index is 1.70. The van der Waals surface area contributed by atoms with E-state index in [1.165, 1.54) is 11.8 Å². The van der Waals surface area contributed by atoms with Gasteiger partial charge in [-0.2, -0.15) is 0 Å². The Bertz CT molecular complexity index is 905. The lowest BCUT2D eigenvalue weighted by atomic mass is 10.2. The normalized spacial score (nSPS) is 11.4. The molecule has 132 valence electrons. The van der Waals surface area contributed by atoms with Crippen LogP contribution in [0.2, 0.25) is 0 Å². The van der Waals surface area contributed by atoms with Crippen LogP contribution in [0.15, 0.2) is 32.5 Å². The van der Waals surface area contributed by atoms with Gasteiger partial charge in [0.2, 0.25) is 0 Å². The van der Waals surface area contributed by atoms with E-state index in [1.807, 2.05) is 26.8 Å². The van der Waals surface area contributed by atoms with E-state index in [-0.39, 0.29) is 11.5 Å². The summed E-state index contributed by atoms with van der Waals surface area (Å²) in [6.07, 6.45) is 1.58. The van der Waals surface area contributed by atoms with Gasteiger partial charge in [0.25, 0.3) is 11.1 Å². The zero-order chi connectivity index (χ0) is 18.1. The zero-order valence-corrected chi connectivity index (χ0v) is 15.8. The van der Waals surface area contributed by atoms with Crippen LogP contribution in [0.5, 0.6) is 0 Å². The number of carbonyl (C=O) groups excluding carboxylic acids is 1. The largest absolute Gasteiger partial charge is 0.469 e. The number of hydrogen-bond acceptors (Lipinski definition) is 6. The summed E-state index contributed by atoms with van der Waals surface area (Å²) >= 11 is 1.25. The Hall–Kier alpha value is -2.28. The molecule has 0 aromatic carbocycles.